The molecule has 4 heteroatoms. The molecule has 2 heterocycles. The number of hydrogen-bond donors (Lipinski definition) is 0. The van der Waals surface area contributed by atoms with Crippen LogP contribution in [0.4, 0.5) is 0 Å². The van der Waals surface area contributed by atoms with Gasteiger partial charge in [0.05, 0.1) is 16.1 Å². The highest BCUT2D eigenvalue weighted by Crippen LogP contribution is 2.29. The Morgan fingerprint density at radius 1 is 1.14 bits per heavy atom. The summed E-state index contributed by atoms with van der Waals surface area (Å²) in [6.45, 7) is 6.15. The molecule has 0 bridgehead atoms. The molecule has 0 aliphatic rings. The Morgan fingerprint density at radius 3 is 2.62 bits per heavy atom. The van der Waals surface area contributed by atoms with Crippen LogP contribution in [0.15, 0.2) is 36.5 Å². The normalized spacial score (nSPS) is 10.8. The molecule has 3 rings (SSSR count). The number of benzene rings is 1. The maximum absolute atomic E-state index is 11.4. The number of aldehydes is 1. The van der Waals surface area contributed by atoms with E-state index in [1.807, 2.05) is 19.1 Å². The molecule has 0 aliphatic carbocycles. The topological polar surface area (TPSA) is 34.9 Å². The van der Waals surface area contributed by atoms with Gasteiger partial charge >= 0.3 is 0 Å². The summed E-state index contributed by atoms with van der Waals surface area (Å²) in [4.78, 5) is 13.6. The molecule has 0 aliphatic heterocycles. The van der Waals surface area contributed by atoms with Crippen LogP contribution in [0.3, 0.4) is 0 Å². The fourth-order valence-electron chi connectivity index (χ4n) is 2.32. The highest BCUT2D eigenvalue weighted by molar-refractivity contribution is 7.15. The number of hydrogen-bond acceptors (Lipinski definition) is 3. The van der Waals surface area contributed by atoms with E-state index in [4.69, 9.17) is 0 Å². The molecule has 0 saturated heterocycles. The van der Waals surface area contributed by atoms with Gasteiger partial charge in [-0.25, -0.2) is 4.68 Å². The first-order valence-electron chi connectivity index (χ1n) is 6.78. The summed E-state index contributed by atoms with van der Waals surface area (Å²) in [6, 6.07) is 10.3. The van der Waals surface area contributed by atoms with E-state index in [2.05, 4.69) is 37.1 Å². The predicted octanol–water partition coefficient (Wildman–Crippen LogP) is 4.34. The second-order valence-corrected chi connectivity index (χ2v) is 6.48. The minimum absolute atomic E-state index is 0.623. The molecule has 106 valence electrons. The van der Waals surface area contributed by atoms with E-state index in [9.17, 15) is 4.79 Å². The van der Waals surface area contributed by atoms with Crippen LogP contribution in [0.2, 0.25) is 0 Å². The number of rotatable bonds is 3. The van der Waals surface area contributed by atoms with Crippen LogP contribution in [-0.4, -0.2) is 16.1 Å². The van der Waals surface area contributed by atoms with E-state index in [0.29, 0.717) is 5.56 Å². The van der Waals surface area contributed by atoms with Crippen molar-refractivity contribution in [2.75, 3.05) is 0 Å². The van der Waals surface area contributed by atoms with Crippen molar-refractivity contribution in [3.8, 4) is 16.3 Å². The van der Waals surface area contributed by atoms with Crippen molar-refractivity contribution >= 4 is 17.6 Å². The number of carbonyl (C=O) groups is 1. The third-order valence-corrected chi connectivity index (χ3v) is 4.46. The van der Waals surface area contributed by atoms with Crippen molar-refractivity contribution < 1.29 is 4.79 Å². The first-order valence-corrected chi connectivity index (χ1v) is 7.59. The van der Waals surface area contributed by atoms with Gasteiger partial charge in [0.25, 0.3) is 0 Å². The van der Waals surface area contributed by atoms with Crippen molar-refractivity contribution in [3.05, 3.63) is 58.1 Å². The van der Waals surface area contributed by atoms with E-state index >= 15 is 0 Å². The number of aromatic nitrogens is 2. The Bertz CT molecular complexity index is 814. The third kappa shape index (κ3) is 2.54. The quantitative estimate of drug-likeness (QED) is 0.674. The van der Waals surface area contributed by atoms with Crippen LogP contribution in [0, 0.1) is 20.8 Å². The lowest BCUT2D eigenvalue weighted by Crippen LogP contribution is -1.98. The van der Waals surface area contributed by atoms with Crippen LogP contribution in [0.25, 0.3) is 16.3 Å². The summed E-state index contributed by atoms with van der Waals surface area (Å²) in [5.41, 5.74) is 4.70. The lowest BCUT2D eigenvalue weighted by atomic mass is 10.1. The SMILES string of the molecule is Cc1ccc(C)c(-n2cc(C=O)c(-c3ccc(C)s3)n2)c1. The second-order valence-electron chi connectivity index (χ2n) is 5.20. The molecule has 0 amide bonds. The molecule has 3 nitrogen and oxygen atoms in total. The summed E-state index contributed by atoms with van der Waals surface area (Å²) in [6.07, 6.45) is 2.68. The lowest BCUT2D eigenvalue weighted by Gasteiger charge is -2.06. The van der Waals surface area contributed by atoms with Crippen LogP contribution < -0.4 is 0 Å². The van der Waals surface area contributed by atoms with Crippen LogP contribution in [0.1, 0.15) is 26.4 Å². The van der Waals surface area contributed by atoms with Crippen molar-refractivity contribution in [1.82, 2.24) is 9.78 Å². The lowest BCUT2D eigenvalue weighted by molar-refractivity contribution is 0.112. The number of thiophene rings is 1. The molecule has 0 atom stereocenters. The monoisotopic (exact) mass is 296 g/mol. The Morgan fingerprint density at radius 2 is 1.95 bits per heavy atom. The number of carbonyl (C=O) groups excluding carboxylic acids is 1. The average molecular weight is 296 g/mol. The fraction of sp³-hybridized carbons (Fsp3) is 0.176. The molecule has 1 aromatic carbocycles. The van der Waals surface area contributed by atoms with Crippen LogP contribution in [0.5, 0.6) is 0 Å². The maximum atomic E-state index is 11.4. The van der Waals surface area contributed by atoms with Gasteiger partial charge in [-0.1, -0.05) is 12.1 Å². The number of aryl methyl sites for hydroxylation is 3. The van der Waals surface area contributed by atoms with Gasteiger partial charge in [-0.3, -0.25) is 4.79 Å². The fourth-order valence-corrected chi connectivity index (χ4v) is 3.19. The molecular formula is C17H16N2OS. The summed E-state index contributed by atoms with van der Waals surface area (Å²) in [7, 11) is 0. The first kappa shape index (κ1) is 13.8. The van der Waals surface area contributed by atoms with E-state index in [1.54, 1.807) is 22.2 Å². The van der Waals surface area contributed by atoms with E-state index in [1.165, 1.54) is 10.4 Å². The van der Waals surface area contributed by atoms with E-state index in [0.717, 1.165) is 28.1 Å². The van der Waals surface area contributed by atoms with Crippen molar-refractivity contribution in [3.63, 3.8) is 0 Å². The molecule has 0 spiro atoms. The van der Waals surface area contributed by atoms with Gasteiger partial charge in [0.1, 0.15) is 5.69 Å². The second kappa shape index (κ2) is 5.30. The van der Waals surface area contributed by atoms with Gasteiger partial charge < -0.3 is 0 Å². The standard InChI is InChI=1S/C17H16N2OS/c1-11-4-5-12(2)15(8-11)19-9-14(10-20)17(18-19)16-7-6-13(3)21-16/h4-10H,1-3H3. The first-order chi connectivity index (χ1) is 10.1. The summed E-state index contributed by atoms with van der Waals surface area (Å²) in [5, 5.41) is 4.63. The molecule has 0 unspecified atom stereocenters. The van der Waals surface area contributed by atoms with E-state index < -0.39 is 0 Å². The molecule has 0 radical (unpaired) electrons. The third-order valence-electron chi connectivity index (χ3n) is 3.45. The van der Waals surface area contributed by atoms with Crippen LogP contribution >= 0.6 is 11.3 Å². The zero-order chi connectivity index (χ0) is 15.0. The summed E-state index contributed by atoms with van der Waals surface area (Å²) >= 11 is 1.65. The molecule has 0 fully saturated rings. The van der Waals surface area contributed by atoms with Crippen molar-refractivity contribution in [2.45, 2.75) is 20.8 Å². The highest BCUT2D eigenvalue weighted by atomic mass is 32.1. The smallest absolute Gasteiger partial charge is 0.153 e. The van der Waals surface area contributed by atoms with E-state index in [-0.39, 0.29) is 0 Å². The maximum Gasteiger partial charge on any atom is 0.153 e. The average Bonchev–Trinajstić information content (AvgIpc) is 3.07. The Hall–Kier alpha value is -2.20. The summed E-state index contributed by atoms with van der Waals surface area (Å²) in [5.74, 6) is 0. The zero-order valence-electron chi connectivity index (χ0n) is 12.3. The molecule has 0 saturated carbocycles. The van der Waals surface area contributed by atoms with Crippen molar-refractivity contribution in [2.24, 2.45) is 0 Å². The highest BCUT2D eigenvalue weighted by Gasteiger charge is 2.14. The van der Waals surface area contributed by atoms with Crippen molar-refractivity contribution in [1.29, 1.82) is 0 Å². The molecule has 21 heavy (non-hydrogen) atoms. The number of nitrogens with zero attached hydrogens (tertiary/aromatic N) is 2. The predicted molar refractivity (Wildman–Crippen MR) is 86.5 cm³/mol. The minimum atomic E-state index is 0.623. The summed E-state index contributed by atoms with van der Waals surface area (Å²) < 4.78 is 1.80. The van der Waals surface area contributed by atoms with Gasteiger partial charge in [0, 0.05) is 11.1 Å². The molecule has 0 N–H and O–H groups in total. The minimum Gasteiger partial charge on any atom is -0.298 e. The van der Waals surface area contributed by atoms with Gasteiger partial charge in [-0.2, -0.15) is 5.10 Å². The largest absolute Gasteiger partial charge is 0.298 e. The van der Waals surface area contributed by atoms with Gasteiger partial charge in [-0.05, 0) is 50.1 Å². The van der Waals surface area contributed by atoms with Gasteiger partial charge in [0.2, 0.25) is 0 Å². The molecule has 2 aromatic heterocycles. The van der Waals surface area contributed by atoms with Crippen LogP contribution in [-0.2, 0) is 0 Å². The van der Waals surface area contributed by atoms with Gasteiger partial charge in [0.15, 0.2) is 6.29 Å². The molecule has 3 aromatic rings. The molecular weight excluding hydrogens is 280 g/mol. The Labute approximate surface area is 127 Å². The Kier molecular flexibility index (Phi) is 3.47. The zero-order valence-corrected chi connectivity index (χ0v) is 13.1. The van der Waals surface area contributed by atoms with Gasteiger partial charge in [-0.15, -0.1) is 11.3 Å². The Balaban J connectivity index is 2.15.